The third-order valence-electron chi connectivity index (χ3n) is 3.45. The summed E-state index contributed by atoms with van der Waals surface area (Å²) in [7, 11) is 0. The van der Waals surface area contributed by atoms with E-state index in [2.05, 4.69) is 23.3 Å². The summed E-state index contributed by atoms with van der Waals surface area (Å²) < 4.78 is 6.81. The number of fused-ring (bicyclic) bond motifs is 1. The molecule has 1 aromatic heterocycles. The van der Waals surface area contributed by atoms with Crippen LogP contribution in [0.25, 0.3) is 10.2 Å². The fourth-order valence-corrected chi connectivity index (χ4v) is 3.11. The van der Waals surface area contributed by atoms with E-state index in [1.165, 1.54) is 0 Å². The Morgan fingerprint density at radius 1 is 1.56 bits per heavy atom. The zero-order valence-electron chi connectivity index (χ0n) is 10.3. The van der Waals surface area contributed by atoms with Crippen molar-refractivity contribution in [3.8, 4) is 0 Å². The number of benzene rings is 1. The second-order valence-corrected chi connectivity index (χ2v) is 5.60. The van der Waals surface area contributed by atoms with E-state index in [4.69, 9.17) is 10.5 Å². The number of nitrogens with one attached hydrogen (secondary N) is 1. The van der Waals surface area contributed by atoms with Gasteiger partial charge in [0.25, 0.3) is 0 Å². The first kappa shape index (κ1) is 11.7. The molecule has 1 saturated heterocycles. The normalized spacial score (nSPS) is 21.3. The highest BCUT2D eigenvalue weighted by atomic mass is 32.1. The smallest absolute Gasteiger partial charge is 0.106 e. The summed E-state index contributed by atoms with van der Waals surface area (Å²) in [5.41, 5.74) is 10.6. The average molecular weight is 263 g/mol. The van der Waals surface area contributed by atoms with Crippen LogP contribution < -0.4 is 11.1 Å². The molecule has 3 N–H and O–H groups in total. The highest BCUT2D eigenvalue weighted by Gasteiger charge is 2.22. The van der Waals surface area contributed by atoms with Crippen molar-refractivity contribution in [2.45, 2.75) is 31.9 Å². The summed E-state index contributed by atoms with van der Waals surface area (Å²) in [4.78, 5) is 4.31. The first-order chi connectivity index (χ1) is 8.75. The van der Waals surface area contributed by atoms with Gasteiger partial charge in [-0.3, -0.25) is 0 Å². The molecule has 0 aliphatic carbocycles. The summed E-state index contributed by atoms with van der Waals surface area (Å²) in [6.07, 6.45) is 2.56. The van der Waals surface area contributed by atoms with Gasteiger partial charge in [0, 0.05) is 12.6 Å². The van der Waals surface area contributed by atoms with E-state index in [9.17, 15) is 0 Å². The maximum atomic E-state index is 6.15. The second kappa shape index (κ2) is 4.74. The molecule has 0 spiro atoms. The van der Waals surface area contributed by atoms with Crippen molar-refractivity contribution in [3.05, 3.63) is 17.6 Å². The van der Waals surface area contributed by atoms with Crippen LogP contribution in [-0.2, 0) is 4.74 Å². The van der Waals surface area contributed by atoms with Crippen LogP contribution in [0.15, 0.2) is 17.6 Å². The number of aromatic nitrogens is 1. The monoisotopic (exact) mass is 263 g/mol. The van der Waals surface area contributed by atoms with Gasteiger partial charge in [0.2, 0.25) is 0 Å². The Labute approximate surface area is 110 Å². The highest BCUT2D eigenvalue weighted by Crippen LogP contribution is 2.31. The fraction of sp³-hybridized carbons (Fsp3) is 0.462. The molecule has 2 atom stereocenters. The molecule has 0 amide bonds. The molecule has 18 heavy (non-hydrogen) atoms. The van der Waals surface area contributed by atoms with Crippen molar-refractivity contribution in [2.75, 3.05) is 17.7 Å². The quantitative estimate of drug-likeness (QED) is 0.836. The van der Waals surface area contributed by atoms with Gasteiger partial charge in [0.1, 0.15) is 5.52 Å². The molecule has 1 aliphatic rings. The first-order valence-electron chi connectivity index (χ1n) is 6.25. The van der Waals surface area contributed by atoms with Crippen LogP contribution in [0, 0.1) is 0 Å². The maximum absolute atomic E-state index is 6.15. The van der Waals surface area contributed by atoms with Crippen LogP contribution in [0.4, 0.5) is 11.4 Å². The van der Waals surface area contributed by atoms with Gasteiger partial charge in [-0.2, -0.15) is 0 Å². The van der Waals surface area contributed by atoms with E-state index in [0.717, 1.165) is 41.0 Å². The molecular formula is C13H17N3OS. The fourth-order valence-electron chi connectivity index (χ4n) is 2.41. The van der Waals surface area contributed by atoms with Gasteiger partial charge < -0.3 is 15.8 Å². The van der Waals surface area contributed by atoms with E-state index < -0.39 is 0 Å². The molecule has 0 bridgehead atoms. The van der Waals surface area contributed by atoms with Gasteiger partial charge in [-0.05, 0) is 31.9 Å². The number of hydrogen-bond acceptors (Lipinski definition) is 5. The number of nitrogens with zero attached hydrogens (tertiary/aromatic N) is 1. The standard InChI is InChI=1S/C13H17N3OS/c1-8(10-3-2-6-17-10)16-9-4-5-11-13(12(9)14)15-7-18-11/h4-5,7-8,10,16H,2-3,6,14H2,1H3. The predicted octanol–water partition coefficient (Wildman–Crippen LogP) is 2.86. The van der Waals surface area contributed by atoms with Gasteiger partial charge in [0.15, 0.2) is 0 Å². The van der Waals surface area contributed by atoms with Crippen LogP contribution in [0.1, 0.15) is 19.8 Å². The van der Waals surface area contributed by atoms with Crippen molar-refractivity contribution >= 4 is 32.9 Å². The van der Waals surface area contributed by atoms with Gasteiger partial charge >= 0.3 is 0 Å². The Hall–Kier alpha value is -1.33. The number of nitrogen functional groups attached to an aromatic ring is 1. The van der Waals surface area contributed by atoms with E-state index in [1.54, 1.807) is 11.3 Å². The predicted molar refractivity (Wildman–Crippen MR) is 76.1 cm³/mol. The molecule has 1 aliphatic heterocycles. The molecule has 3 rings (SSSR count). The molecule has 2 aromatic rings. The summed E-state index contributed by atoms with van der Waals surface area (Å²) in [6, 6.07) is 4.36. The Morgan fingerprint density at radius 2 is 2.44 bits per heavy atom. The third-order valence-corrected chi connectivity index (χ3v) is 4.24. The van der Waals surface area contributed by atoms with E-state index in [-0.39, 0.29) is 12.1 Å². The lowest BCUT2D eigenvalue weighted by Gasteiger charge is -2.22. The molecule has 5 heteroatoms. The molecule has 2 heterocycles. The van der Waals surface area contributed by atoms with E-state index >= 15 is 0 Å². The number of rotatable bonds is 3. The molecule has 96 valence electrons. The van der Waals surface area contributed by atoms with Crippen molar-refractivity contribution in [1.29, 1.82) is 0 Å². The molecule has 2 unspecified atom stereocenters. The summed E-state index contributed by atoms with van der Waals surface area (Å²) >= 11 is 1.61. The topological polar surface area (TPSA) is 60.2 Å². The molecule has 4 nitrogen and oxygen atoms in total. The lowest BCUT2D eigenvalue weighted by Crippen LogP contribution is -2.30. The number of anilines is 2. The van der Waals surface area contributed by atoms with Crippen molar-refractivity contribution < 1.29 is 4.74 Å². The van der Waals surface area contributed by atoms with E-state index in [0.29, 0.717) is 0 Å². The van der Waals surface area contributed by atoms with Gasteiger partial charge in [-0.1, -0.05) is 0 Å². The molecule has 1 fully saturated rings. The summed E-state index contributed by atoms with van der Waals surface area (Å²) in [6.45, 7) is 3.01. The molecule has 1 aromatic carbocycles. The largest absolute Gasteiger partial charge is 0.395 e. The highest BCUT2D eigenvalue weighted by molar-refractivity contribution is 7.16. The van der Waals surface area contributed by atoms with Gasteiger partial charge in [0.05, 0.1) is 27.7 Å². The van der Waals surface area contributed by atoms with Crippen LogP contribution in [0.2, 0.25) is 0 Å². The van der Waals surface area contributed by atoms with Gasteiger partial charge in [-0.15, -0.1) is 11.3 Å². The third kappa shape index (κ3) is 2.04. The average Bonchev–Trinajstić information content (AvgIpc) is 3.02. The summed E-state index contributed by atoms with van der Waals surface area (Å²) in [5, 5.41) is 3.45. The molecular weight excluding hydrogens is 246 g/mol. The zero-order valence-corrected chi connectivity index (χ0v) is 11.2. The number of ether oxygens (including phenoxy) is 1. The van der Waals surface area contributed by atoms with Crippen molar-refractivity contribution in [3.63, 3.8) is 0 Å². The van der Waals surface area contributed by atoms with Gasteiger partial charge in [-0.25, -0.2) is 4.98 Å². The van der Waals surface area contributed by atoms with Crippen LogP contribution >= 0.6 is 11.3 Å². The van der Waals surface area contributed by atoms with E-state index in [1.807, 2.05) is 11.6 Å². The number of nitrogens with two attached hydrogens (primary N) is 1. The maximum Gasteiger partial charge on any atom is 0.106 e. The zero-order chi connectivity index (χ0) is 12.5. The summed E-state index contributed by atoms with van der Waals surface area (Å²) in [5.74, 6) is 0. The molecule has 0 saturated carbocycles. The van der Waals surface area contributed by atoms with Crippen LogP contribution in [-0.4, -0.2) is 23.7 Å². The number of hydrogen-bond donors (Lipinski definition) is 2. The minimum atomic E-state index is 0.269. The lowest BCUT2D eigenvalue weighted by atomic mass is 10.1. The Kier molecular flexibility index (Phi) is 3.09. The Bertz CT molecular complexity index is 548. The second-order valence-electron chi connectivity index (χ2n) is 4.71. The Balaban J connectivity index is 1.83. The first-order valence-corrected chi connectivity index (χ1v) is 7.13. The molecule has 0 radical (unpaired) electrons. The minimum absolute atomic E-state index is 0.269. The minimum Gasteiger partial charge on any atom is -0.395 e. The number of thiazole rings is 1. The lowest BCUT2D eigenvalue weighted by molar-refractivity contribution is 0.0997. The van der Waals surface area contributed by atoms with Crippen molar-refractivity contribution in [2.24, 2.45) is 0 Å². The van der Waals surface area contributed by atoms with Crippen LogP contribution in [0.3, 0.4) is 0 Å². The SMILES string of the molecule is CC(Nc1ccc2scnc2c1N)C1CCCO1. The van der Waals surface area contributed by atoms with Crippen LogP contribution in [0.5, 0.6) is 0 Å². The van der Waals surface area contributed by atoms with Crippen molar-refractivity contribution in [1.82, 2.24) is 4.98 Å². The Morgan fingerprint density at radius 3 is 3.22 bits per heavy atom.